The van der Waals surface area contributed by atoms with E-state index in [0.717, 1.165) is 17.0 Å². The second kappa shape index (κ2) is 10.7. The van der Waals surface area contributed by atoms with E-state index in [4.69, 9.17) is 14.2 Å². The molecule has 0 unspecified atom stereocenters. The molecule has 0 saturated carbocycles. The fourth-order valence-electron chi connectivity index (χ4n) is 2.90. The number of hydrogen-bond acceptors (Lipinski definition) is 8. The van der Waals surface area contributed by atoms with Gasteiger partial charge in [-0.25, -0.2) is 4.98 Å². The topological polar surface area (TPSA) is 87.5 Å². The van der Waals surface area contributed by atoms with E-state index in [1.165, 1.54) is 11.8 Å². The Morgan fingerprint density at radius 2 is 1.84 bits per heavy atom. The minimum absolute atomic E-state index is 0.101. The third kappa shape index (κ3) is 5.49. The van der Waals surface area contributed by atoms with Gasteiger partial charge in [0.05, 0.1) is 31.9 Å². The Hall–Kier alpha value is -3.20. The molecule has 0 spiro atoms. The molecule has 2 heterocycles. The van der Waals surface area contributed by atoms with Crippen LogP contribution in [0.15, 0.2) is 52.3 Å². The number of benzene rings is 1. The van der Waals surface area contributed by atoms with Crippen LogP contribution in [0, 0.1) is 0 Å². The number of thioether (sulfide) groups is 1. The highest BCUT2D eigenvalue weighted by atomic mass is 32.2. The van der Waals surface area contributed by atoms with Gasteiger partial charge in [-0.1, -0.05) is 0 Å². The van der Waals surface area contributed by atoms with Crippen molar-refractivity contribution in [3.05, 3.63) is 58.5 Å². The molecule has 0 aliphatic carbocycles. The van der Waals surface area contributed by atoms with Crippen LogP contribution in [0.1, 0.15) is 19.4 Å². The summed E-state index contributed by atoms with van der Waals surface area (Å²) in [5, 5.41) is 3.21. The van der Waals surface area contributed by atoms with Crippen LogP contribution in [-0.4, -0.2) is 35.4 Å². The van der Waals surface area contributed by atoms with Gasteiger partial charge in [0.2, 0.25) is 17.7 Å². The smallest absolute Gasteiger partial charge is 0.268 e. The van der Waals surface area contributed by atoms with E-state index < -0.39 is 0 Å². The monoisotopic (exact) mass is 442 g/mol. The van der Waals surface area contributed by atoms with Crippen molar-refractivity contribution in [1.82, 2.24) is 14.5 Å². The lowest BCUT2D eigenvalue weighted by Crippen LogP contribution is -2.24. The molecule has 1 N–H and O–H groups in total. The van der Waals surface area contributed by atoms with Gasteiger partial charge in [-0.05, 0) is 44.2 Å². The molecule has 0 aliphatic rings. The first kappa shape index (κ1) is 22.5. The Morgan fingerprint density at radius 3 is 2.48 bits per heavy atom. The van der Waals surface area contributed by atoms with E-state index >= 15 is 0 Å². The molecule has 0 bridgehead atoms. The van der Waals surface area contributed by atoms with Gasteiger partial charge < -0.3 is 19.5 Å². The summed E-state index contributed by atoms with van der Waals surface area (Å²) >= 11 is 1.39. The van der Waals surface area contributed by atoms with Crippen molar-refractivity contribution in [2.24, 2.45) is 0 Å². The van der Waals surface area contributed by atoms with Crippen LogP contribution < -0.4 is 25.1 Å². The van der Waals surface area contributed by atoms with E-state index in [9.17, 15) is 4.79 Å². The van der Waals surface area contributed by atoms with Crippen molar-refractivity contribution >= 4 is 23.4 Å². The predicted molar refractivity (Wildman–Crippen MR) is 122 cm³/mol. The minimum atomic E-state index is -0.101. The molecule has 164 valence electrons. The van der Waals surface area contributed by atoms with E-state index in [0.29, 0.717) is 41.5 Å². The van der Waals surface area contributed by atoms with Crippen LogP contribution in [0.25, 0.3) is 0 Å². The van der Waals surface area contributed by atoms with Crippen LogP contribution in [0.3, 0.4) is 0 Å². The molecule has 1 aromatic carbocycles. The lowest BCUT2D eigenvalue weighted by atomic mass is 10.3. The SMILES string of the molecule is CCOc1ccc(Nc2ncc(SCc3ccc(OC)nc3OC)c(=O)n2CC)cc1. The first-order valence-corrected chi connectivity index (χ1v) is 10.9. The summed E-state index contributed by atoms with van der Waals surface area (Å²) in [6.07, 6.45) is 1.60. The molecule has 0 saturated heterocycles. The zero-order valence-electron chi connectivity index (χ0n) is 18.0. The van der Waals surface area contributed by atoms with Gasteiger partial charge in [-0.15, -0.1) is 11.8 Å². The molecule has 8 nitrogen and oxygen atoms in total. The van der Waals surface area contributed by atoms with Gasteiger partial charge in [-0.2, -0.15) is 4.98 Å². The molecule has 0 amide bonds. The molecule has 31 heavy (non-hydrogen) atoms. The number of rotatable bonds is 10. The van der Waals surface area contributed by atoms with Gasteiger partial charge in [0.15, 0.2) is 0 Å². The van der Waals surface area contributed by atoms with Crippen molar-refractivity contribution in [1.29, 1.82) is 0 Å². The summed E-state index contributed by atoms with van der Waals surface area (Å²) in [4.78, 5) is 22.3. The van der Waals surface area contributed by atoms with Crippen molar-refractivity contribution in [2.45, 2.75) is 31.0 Å². The molecule has 9 heteroatoms. The molecular formula is C22H26N4O4S. The highest BCUT2D eigenvalue weighted by molar-refractivity contribution is 7.98. The summed E-state index contributed by atoms with van der Waals surface area (Å²) in [7, 11) is 3.11. The first-order valence-electron chi connectivity index (χ1n) is 9.90. The Kier molecular flexibility index (Phi) is 7.77. The van der Waals surface area contributed by atoms with E-state index in [-0.39, 0.29) is 5.56 Å². The first-order chi connectivity index (χ1) is 15.1. The normalized spacial score (nSPS) is 10.6. The lowest BCUT2D eigenvalue weighted by molar-refractivity contribution is 0.340. The number of ether oxygens (including phenoxy) is 3. The molecular weight excluding hydrogens is 416 g/mol. The average Bonchev–Trinajstić information content (AvgIpc) is 2.80. The van der Waals surface area contributed by atoms with E-state index in [2.05, 4.69) is 15.3 Å². The zero-order chi connectivity index (χ0) is 22.2. The Balaban J connectivity index is 1.77. The molecule has 0 radical (unpaired) electrons. The zero-order valence-corrected chi connectivity index (χ0v) is 18.9. The summed E-state index contributed by atoms with van der Waals surface area (Å²) in [5.74, 6) is 2.76. The van der Waals surface area contributed by atoms with Crippen molar-refractivity contribution in [2.75, 3.05) is 26.1 Å². The number of aromatic nitrogens is 3. The Morgan fingerprint density at radius 1 is 1.06 bits per heavy atom. The fourth-order valence-corrected chi connectivity index (χ4v) is 3.80. The van der Waals surface area contributed by atoms with Gasteiger partial charge in [0.25, 0.3) is 5.56 Å². The fraction of sp³-hybridized carbons (Fsp3) is 0.318. The number of methoxy groups -OCH3 is 2. The van der Waals surface area contributed by atoms with Gasteiger partial charge in [0.1, 0.15) is 5.75 Å². The van der Waals surface area contributed by atoms with Gasteiger partial charge >= 0.3 is 0 Å². The summed E-state index contributed by atoms with van der Waals surface area (Å²) in [6.45, 7) is 4.96. The molecule has 3 rings (SSSR count). The molecule has 3 aromatic rings. The Labute approximate surface area is 185 Å². The van der Waals surface area contributed by atoms with Crippen LogP contribution in [0.5, 0.6) is 17.5 Å². The number of nitrogens with one attached hydrogen (secondary N) is 1. The van der Waals surface area contributed by atoms with Crippen LogP contribution in [-0.2, 0) is 12.3 Å². The standard InChI is InChI=1S/C22H26N4O4S/c1-5-26-21(27)18(31-14-15-7-12-19(28-3)25-20(15)29-4)13-23-22(26)24-16-8-10-17(11-9-16)30-6-2/h7-13H,5-6,14H2,1-4H3,(H,23,24). The van der Waals surface area contributed by atoms with Crippen LogP contribution in [0.4, 0.5) is 11.6 Å². The number of nitrogens with zero attached hydrogens (tertiary/aromatic N) is 3. The van der Waals surface area contributed by atoms with Gasteiger partial charge in [0, 0.05) is 29.6 Å². The number of anilines is 2. The quantitative estimate of drug-likeness (QED) is 0.470. The maximum absolute atomic E-state index is 13.0. The molecule has 2 aromatic heterocycles. The summed E-state index contributed by atoms with van der Waals surface area (Å²) in [6, 6.07) is 11.2. The lowest BCUT2D eigenvalue weighted by Gasteiger charge is -2.14. The third-order valence-electron chi connectivity index (χ3n) is 4.45. The second-order valence-electron chi connectivity index (χ2n) is 6.39. The highest BCUT2D eigenvalue weighted by Gasteiger charge is 2.13. The molecule has 0 aliphatic heterocycles. The average molecular weight is 443 g/mol. The summed E-state index contributed by atoms with van der Waals surface area (Å²) in [5.41, 5.74) is 1.59. The van der Waals surface area contributed by atoms with Gasteiger partial charge in [-0.3, -0.25) is 9.36 Å². The second-order valence-corrected chi connectivity index (χ2v) is 7.41. The number of pyridine rings is 1. The molecule has 0 fully saturated rings. The van der Waals surface area contributed by atoms with E-state index in [1.807, 2.05) is 44.2 Å². The van der Waals surface area contributed by atoms with Crippen molar-refractivity contribution in [3.63, 3.8) is 0 Å². The number of hydrogen-bond donors (Lipinski definition) is 1. The Bertz CT molecular complexity index is 1070. The van der Waals surface area contributed by atoms with Crippen LogP contribution >= 0.6 is 11.8 Å². The summed E-state index contributed by atoms with van der Waals surface area (Å²) < 4.78 is 17.5. The highest BCUT2D eigenvalue weighted by Crippen LogP contribution is 2.27. The third-order valence-corrected chi connectivity index (χ3v) is 5.50. The maximum Gasteiger partial charge on any atom is 0.268 e. The van der Waals surface area contributed by atoms with Crippen LogP contribution in [0.2, 0.25) is 0 Å². The largest absolute Gasteiger partial charge is 0.494 e. The van der Waals surface area contributed by atoms with Crippen molar-refractivity contribution in [3.8, 4) is 17.5 Å². The minimum Gasteiger partial charge on any atom is -0.494 e. The van der Waals surface area contributed by atoms with Crippen molar-refractivity contribution < 1.29 is 14.2 Å². The molecule has 0 atom stereocenters. The van der Waals surface area contributed by atoms with E-state index in [1.54, 1.807) is 31.0 Å². The predicted octanol–water partition coefficient (Wildman–Crippen LogP) is 4.11. The maximum atomic E-state index is 13.0.